The Morgan fingerprint density at radius 1 is 1.67 bits per heavy atom. The largest absolute Gasteiger partial charge is 0.508 e. The summed E-state index contributed by atoms with van der Waals surface area (Å²) in [6.07, 6.45) is 3.25. The van der Waals surface area contributed by atoms with Crippen LogP contribution in [0.2, 0.25) is 0 Å². The summed E-state index contributed by atoms with van der Waals surface area (Å²) in [6.45, 7) is 3.68. The van der Waals surface area contributed by atoms with E-state index >= 15 is 0 Å². The van der Waals surface area contributed by atoms with Gasteiger partial charge in [0.1, 0.15) is 11.9 Å². The lowest BCUT2D eigenvalue weighted by atomic mass is 10.2. The monoisotopic (exact) mass is 126 g/mol. The molecule has 1 atom stereocenters. The number of rotatable bonds is 0. The number of aliphatic hydroxyl groups is 1. The van der Waals surface area contributed by atoms with Gasteiger partial charge >= 0.3 is 0 Å². The summed E-state index contributed by atoms with van der Waals surface area (Å²) in [5.41, 5.74) is 0.785. The molecular weight excluding hydrogens is 116 g/mol. The Hall–Kier alpha value is -0.920. The first-order valence-electron chi connectivity index (χ1n) is 2.93. The summed E-state index contributed by atoms with van der Waals surface area (Å²) in [4.78, 5) is 0. The fourth-order valence-corrected chi connectivity index (χ4v) is 0.663. The van der Waals surface area contributed by atoms with Gasteiger partial charge in [0, 0.05) is 5.57 Å². The lowest BCUT2D eigenvalue weighted by Gasteiger charge is -2.13. The molecule has 9 heavy (non-hydrogen) atoms. The summed E-state index contributed by atoms with van der Waals surface area (Å²) < 4.78 is 5.06. The predicted molar refractivity (Wildman–Crippen MR) is 35.0 cm³/mol. The van der Waals surface area contributed by atoms with Gasteiger partial charge in [-0.15, -0.1) is 0 Å². The molecule has 1 aliphatic heterocycles. The number of hydrogen-bond donors (Lipinski definition) is 1. The summed E-state index contributed by atoms with van der Waals surface area (Å²) >= 11 is 0. The van der Waals surface area contributed by atoms with Crippen molar-refractivity contribution in [2.75, 3.05) is 0 Å². The number of aliphatic hydroxyl groups excluding tert-OH is 1. The van der Waals surface area contributed by atoms with Gasteiger partial charge in [0.2, 0.25) is 0 Å². The Morgan fingerprint density at radius 2 is 2.33 bits per heavy atom. The second-order valence-corrected chi connectivity index (χ2v) is 2.19. The van der Waals surface area contributed by atoms with Crippen LogP contribution in [0.4, 0.5) is 0 Å². The summed E-state index contributed by atoms with van der Waals surface area (Å²) in [6, 6.07) is 0. The van der Waals surface area contributed by atoms with Gasteiger partial charge < -0.3 is 9.84 Å². The van der Waals surface area contributed by atoms with Gasteiger partial charge in [0.15, 0.2) is 0 Å². The van der Waals surface area contributed by atoms with Crippen molar-refractivity contribution >= 4 is 0 Å². The van der Waals surface area contributed by atoms with Crippen molar-refractivity contribution in [3.05, 3.63) is 23.7 Å². The van der Waals surface area contributed by atoms with Crippen LogP contribution < -0.4 is 0 Å². The molecule has 0 saturated carbocycles. The van der Waals surface area contributed by atoms with Crippen molar-refractivity contribution in [1.82, 2.24) is 0 Å². The summed E-state index contributed by atoms with van der Waals surface area (Å²) in [5.74, 6) is 0.328. The van der Waals surface area contributed by atoms with E-state index in [1.165, 1.54) is 0 Å². The third-order valence-electron chi connectivity index (χ3n) is 1.26. The Morgan fingerprint density at radius 3 is 2.78 bits per heavy atom. The van der Waals surface area contributed by atoms with E-state index in [1.807, 2.05) is 6.92 Å². The van der Waals surface area contributed by atoms with Crippen LogP contribution in [0.25, 0.3) is 0 Å². The maximum absolute atomic E-state index is 9.06. The van der Waals surface area contributed by atoms with Gasteiger partial charge in [-0.2, -0.15) is 0 Å². The fraction of sp³-hybridized carbons (Fsp3) is 0.429. The van der Waals surface area contributed by atoms with Gasteiger partial charge in [-0.25, -0.2) is 0 Å². The molecule has 0 spiro atoms. The SMILES string of the molecule is CC1=COC(C)C=C1O. The zero-order valence-corrected chi connectivity index (χ0v) is 5.59. The predicted octanol–water partition coefficient (Wildman–Crippen LogP) is 1.75. The molecule has 1 unspecified atom stereocenters. The molecule has 2 heteroatoms. The van der Waals surface area contributed by atoms with Crippen LogP contribution >= 0.6 is 0 Å². The topological polar surface area (TPSA) is 29.5 Å². The minimum Gasteiger partial charge on any atom is -0.508 e. The molecule has 1 N–H and O–H groups in total. The Balaban J connectivity index is 2.75. The number of ether oxygens (including phenoxy) is 1. The van der Waals surface area contributed by atoms with Crippen LogP contribution in [-0.2, 0) is 4.74 Å². The highest BCUT2D eigenvalue weighted by Gasteiger charge is 2.07. The Kier molecular flexibility index (Phi) is 1.47. The van der Waals surface area contributed by atoms with E-state index in [-0.39, 0.29) is 6.10 Å². The zero-order chi connectivity index (χ0) is 6.85. The van der Waals surface area contributed by atoms with Crippen molar-refractivity contribution in [3.63, 3.8) is 0 Å². The molecule has 0 amide bonds. The van der Waals surface area contributed by atoms with Gasteiger partial charge in [-0.1, -0.05) is 0 Å². The first kappa shape index (κ1) is 6.20. The number of hydrogen-bond acceptors (Lipinski definition) is 2. The van der Waals surface area contributed by atoms with Gasteiger partial charge in [0.25, 0.3) is 0 Å². The quantitative estimate of drug-likeness (QED) is 0.535. The van der Waals surface area contributed by atoms with Crippen molar-refractivity contribution in [2.24, 2.45) is 0 Å². The van der Waals surface area contributed by atoms with Gasteiger partial charge in [-0.3, -0.25) is 0 Å². The maximum atomic E-state index is 9.06. The van der Waals surface area contributed by atoms with Crippen LogP contribution in [0.5, 0.6) is 0 Å². The van der Waals surface area contributed by atoms with E-state index in [2.05, 4.69) is 0 Å². The molecule has 2 nitrogen and oxygen atoms in total. The molecule has 0 saturated heterocycles. The van der Waals surface area contributed by atoms with Crippen molar-refractivity contribution in [3.8, 4) is 0 Å². The average Bonchev–Trinajstić information content (AvgIpc) is 1.80. The molecule has 1 heterocycles. The highest BCUT2D eigenvalue weighted by molar-refractivity contribution is 5.24. The van der Waals surface area contributed by atoms with E-state index in [0.29, 0.717) is 5.76 Å². The van der Waals surface area contributed by atoms with Crippen LogP contribution in [0, 0.1) is 0 Å². The maximum Gasteiger partial charge on any atom is 0.121 e. The lowest BCUT2D eigenvalue weighted by Crippen LogP contribution is -2.06. The molecule has 0 aromatic carbocycles. The van der Waals surface area contributed by atoms with E-state index in [0.717, 1.165) is 5.57 Å². The standard InChI is InChI=1S/C7H10O2/c1-5-4-9-6(2)3-7(5)8/h3-4,6,8H,1-2H3. The Labute approximate surface area is 54.5 Å². The van der Waals surface area contributed by atoms with Crippen molar-refractivity contribution in [1.29, 1.82) is 0 Å². The first-order chi connectivity index (χ1) is 4.20. The van der Waals surface area contributed by atoms with Crippen molar-refractivity contribution in [2.45, 2.75) is 20.0 Å². The molecule has 1 rings (SSSR count). The summed E-state index contributed by atoms with van der Waals surface area (Å²) in [5, 5.41) is 9.06. The molecule has 1 aliphatic rings. The molecule has 0 radical (unpaired) electrons. The van der Waals surface area contributed by atoms with Crippen molar-refractivity contribution < 1.29 is 9.84 Å². The highest BCUT2D eigenvalue weighted by atomic mass is 16.5. The van der Waals surface area contributed by atoms with Gasteiger partial charge in [0.05, 0.1) is 6.26 Å². The van der Waals surface area contributed by atoms with Crippen LogP contribution in [0.15, 0.2) is 23.7 Å². The third-order valence-corrected chi connectivity index (χ3v) is 1.26. The first-order valence-corrected chi connectivity index (χ1v) is 2.93. The van der Waals surface area contributed by atoms with E-state index in [9.17, 15) is 0 Å². The minimum absolute atomic E-state index is 0.00806. The summed E-state index contributed by atoms with van der Waals surface area (Å²) in [7, 11) is 0. The molecule has 50 valence electrons. The van der Waals surface area contributed by atoms with E-state index in [4.69, 9.17) is 9.84 Å². The second kappa shape index (κ2) is 2.13. The highest BCUT2D eigenvalue weighted by Crippen LogP contribution is 2.13. The molecule has 0 aromatic rings. The Bertz CT molecular complexity index is 168. The third kappa shape index (κ3) is 1.25. The van der Waals surface area contributed by atoms with E-state index in [1.54, 1.807) is 19.3 Å². The minimum atomic E-state index is 0.00806. The van der Waals surface area contributed by atoms with E-state index < -0.39 is 0 Å². The molecule has 0 aromatic heterocycles. The van der Waals surface area contributed by atoms with Crippen LogP contribution in [0.3, 0.4) is 0 Å². The molecule has 0 aliphatic carbocycles. The zero-order valence-electron chi connectivity index (χ0n) is 5.59. The van der Waals surface area contributed by atoms with Gasteiger partial charge in [-0.05, 0) is 19.9 Å². The second-order valence-electron chi connectivity index (χ2n) is 2.19. The average molecular weight is 126 g/mol. The van der Waals surface area contributed by atoms with Crippen LogP contribution in [0.1, 0.15) is 13.8 Å². The molecular formula is C7H10O2. The molecule has 0 bridgehead atoms. The fourth-order valence-electron chi connectivity index (χ4n) is 0.663. The number of allylic oxidation sites excluding steroid dienone is 1. The normalized spacial score (nSPS) is 26.2. The smallest absolute Gasteiger partial charge is 0.121 e. The molecule has 0 fully saturated rings. The van der Waals surface area contributed by atoms with Crippen LogP contribution in [-0.4, -0.2) is 11.2 Å². The lowest BCUT2D eigenvalue weighted by molar-refractivity contribution is 0.186.